The van der Waals surface area contributed by atoms with Gasteiger partial charge in [-0.15, -0.1) is 6.42 Å². The Kier molecular flexibility index (Phi) is 4.30. The minimum Gasteiger partial charge on any atom is -0.305 e. The Labute approximate surface area is 160 Å². The summed E-state index contributed by atoms with van der Waals surface area (Å²) in [4.78, 5) is 26.2. The van der Waals surface area contributed by atoms with Crippen molar-refractivity contribution in [3.8, 4) is 12.3 Å². The molecule has 2 heterocycles. The van der Waals surface area contributed by atoms with Gasteiger partial charge in [-0.2, -0.15) is 4.99 Å². The molecule has 2 aromatic heterocycles. The summed E-state index contributed by atoms with van der Waals surface area (Å²) in [6.07, 6.45) is 7.00. The fraction of sp³-hybridized carbons (Fsp3) is 0.143. The number of terminal acetylenes is 1. The van der Waals surface area contributed by atoms with Crippen LogP contribution in [-0.2, 0) is 6.54 Å². The van der Waals surface area contributed by atoms with E-state index in [1.807, 2.05) is 28.8 Å². The van der Waals surface area contributed by atoms with Crippen molar-refractivity contribution in [3.05, 3.63) is 64.2 Å². The number of aromatic nitrogens is 3. The fourth-order valence-electron chi connectivity index (χ4n) is 2.86. The smallest absolute Gasteiger partial charge is 0.299 e. The van der Waals surface area contributed by atoms with Gasteiger partial charge >= 0.3 is 0 Å². The van der Waals surface area contributed by atoms with Gasteiger partial charge in [-0.1, -0.05) is 29.4 Å². The Hall–Kier alpha value is -3.30. The molecule has 5 nitrogen and oxygen atoms in total. The van der Waals surface area contributed by atoms with Gasteiger partial charge in [-0.25, -0.2) is 4.98 Å². The molecule has 132 valence electrons. The summed E-state index contributed by atoms with van der Waals surface area (Å²) < 4.78 is 2.93. The first kappa shape index (κ1) is 17.1. The summed E-state index contributed by atoms with van der Waals surface area (Å²) >= 11 is 1.45. The van der Waals surface area contributed by atoms with E-state index < -0.39 is 5.91 Å². The van der Waals surface area contributed by atoms with Crippen LogP contribution in [0.2, 0.25) is 0 Å². The van der Waals surface area contributed by atoms with E-state index in [9.17, 15) is 4.79 Å². The number of hydrogen-bond donors (Lipinski definition) is 0. The molecule has 0 unspecified atom stereocenters. The quantitative estimate of drug-likeness (QED) is 0.505. The Bertz CT molecular complexity index is 1310. The maximum Gasteiger partial charge on any atom is 0.299 e. The van der Waals surface area contributed by atoms with Crippen LogP contribution in [0, 0.1) is 26.2 Å². The van der Waals surface area contributed by atoms with Crippen LogP contribution in [0.1, 0.15) is 21.6 Å². The van der Waals surface area contributed by atoms with Crippen LogP contribution < -0.4 is 4.80 Å². The molecule has 4 rings (SSSR count). The summed E-state index contributed by atoms with van der Waals surface area (Å²) in [5.41, 5.74) is 4.96. The first-order chi connectivity index (χ1) is 13.1. The summed E-state index contributed by atoms with van der Waals surface area (Å²) in [6, 6.07) is 11.6. The lowest BCUT2D eigenvalue weighted by Crippen LogP contribution is -2.17. The first-order valence-corrected chi connectivity index (χ1v) is 9.23. The van der Waals surface area contributed by atoms with Crippen LogP contribution in [0.3, 0.4) is 0 Å². The zero-order chi connectivity index (χ0) is 19.0. The molecule has 0 bridgehead atoms. The number of thiazole rings is 1. The number of hydrogen-bond acceptors (Lipinski definition) is 4. The number of aryl methyl sites for hydroxylation is 2. The molecule has 0 N–H and O–H groups in total. The highest BCUT2D eigenvalue weighted by Crippen LogP contribution is 2.22. The van der Waals surface area contributed by atoms with E-state index in [2.05, 4.69) is 46.9 Å². The van der Waals surface area contributed by atoms with Gasteiger partial charge in [0.15, 0.2) is 4.80 Å². The van der Waals surface area contributed by atoms with Gasteiger partial charge in [0.05, 0.1) is 34.0 Å². The van der Waals surface area contributed by atoms with Gasteiger partial charge in [0.25, 0.3) is 5.91 Å². The van der Waals surface area contributed by atoms with E-state index in [1.54, 1.807) is 0 Å². The normalized spacial score (nSPS) is 11.8. The molecule has 6 heteroatoms. The number of carbonyl (C=O) groups is 1. The van der Waals surface area contributed by atoms with Crippen molar-refractivity contribution in [2.45, 2.75) is 20.4 Å². The molecule has 1 amide bonds. The van der Waals surface area contributed by atoms with E-state index in [0.717, 1.165) is 15.7 Å². The SMILES string of the molecule is C#CCn1c(=NC(=O)c2cnc3ccccc3n2)sc2cc(C)c(C)cc21. The lowest BCUT2D eigenvalue weighted by atomic mass is 10.1. The molecule has 0 radical (unpaired) electrons. The number of nitrogens with zero attached hydrogens (tertiary/aromatic N) is 4. The standard InChI is InChI=1S/C21H16N4OS/c1-4-9-25-18-10-13(2)14(3)11-19(18)27-21(25)24-20(26)17-12-22-15-7-5-6-8-16(15)23-17/h1,5-8,10-12H,9H2,2-3H3. The maximum absolute atomic E-state index is 12.7. The molecule has 0 atom stereocenters. The van der Waals surface area contributed by atoms with Crippen molar-refractivity contribution in [3.63, 3.8) is 0 Å². The predicted molar refractivity (Wildman–Crippen MR) is 108 cm³/mol. The third kappa shape index (κ3) is 3.14. The van der Waals surface area contributed by atoms with Gasteiger partial charge in [-0.05, 0) is 49.2 Å². The third-order valence-electron chi connectivity index (χ3n) is 4.41. The molecule has 2 aromatic carbocycles. The summed E-state index contributed by atoms with van der Waals surface area (Å²) in [6.45, 7) is 4.46. The van der Waals surface area contributed by atoms with Crippen LogP contribution in [0.25, 0.3) is 21.3 Å². The highest BCUT2D eigenvalue weighted by Gasteiger charge is 2.12. The van der Waals surface area contributed by atoms with Crippen molar-refractivity contribution in [2.75, 3.05) is 0 Å². The van der Waals surface area contributed by atoms with Crippen LogP contribution in [0.5, 0.6) is 0 Å². The lowest BCUT2D eigenvalue weighted by Gasteiger charge is -2.03. The van der Waals surface area contributed by atoms with Crippen molar-refractivity contribution in [1.82, 2.24) is 14.5 Å². The molecule has 0 fully saturated rings. The molecule has 0 saturated carbocycles. The van der Waals surface area contributed by atoms with E-state index >= 15 is 0 Å². The molecule has 4 aromatic rings. The van der Waals surface area contributed by atoms with Gasteiger partial charge in [-0.3, -0.25) is 9.78 Å². The van der Waals surface area contributed by atoms with E-state index in [0.29, 0.717) is 16.9 Å². The third-order valence-corrected chi connectivity index (χ3v) is 5.45. The van der Waals surface area contributed by atoms with E-state index in [4.69, 9.17) is 6.42 Å². The van der Waals surface area contributed by atoms with Crippen LogP contribution >= 0.6 is 11.3 Å². The molecule has 0 aliphatic carbocycles. The van der Waals surface area contributed by atoms with Crippen LogP contribution in [0.4, 0.5) is 0 Å². The Morgan fingerprint density at radius 3 is 2.74 bits per heavy atom. The number of amides is 1. The topological polar surface area (TPSA) is 60.1 Å². The van der Waals surface area contributed by atoms with Gasteiger partial charge in [0, 0.05) is 0 Å². The summed E-state index contributed by atoms with van der Waals surface area (Å²) in [5, 5.41) is 0. The molecule has 0 spiro atoms. The highest BCUT2D eigenvalue weighted by molar-refractivity contribution is 7.16. The first-order valence-electron chi connectivity index (χ1n) is 8.42. The molecule has 0 aliphatic heterocycles. The van der Waals surface area contributed by atoms with Crippen LogP contribution in [0.15, 0.2) is 47.6 Å². The summed E-state index contributed by atoms with van der Waals surface area (Å²) in [5.74, 6) is 2.21. The lowest BCUT2D eigenvalue weighted by molar-refractivity contribution is 0.0993. The molecule has 27 heavy (non-hydrogen) atoms. The number of rotatable bonds is 2. The molecular formula is C21H16N4OS. The van der Waals surface area contributed by atoms with E-state index in [-0.39, 0.29) is 5.69 Å². The minimum atomic E-state index is -0.431. The van der Waals surface area contributed by atoms with Gasteiger partial charge in [0.2, 0.25) is 0 Å². The van der Waals surface area contributed by atoms with Crippen molar-refractivity contribution in [1.29, 1.82) is 0 Å². The molecule has 0 aliphatic rings. The van der Waals surface area contributed by atoms with E-state index in [1.165, 1.54) is 28.7 Å². The van der Waals surface area contributed by atoms with Crippen molar-refractivity contribution in [2.24, 2.45) is 4.99 Å². The van der Waals surface area contributed by atoms with Crippen molar-refractivity contribution < 1.29 is 4.79 Å². The zero-order valence-corrected chi connectivity index (χ0v) is 15.7. The summed E-state index contributed by atoms with van der Waals surface area (Å²) in [7, 11) is 0. The van der Waals surface area contributed by atoms with Crippen LogP contribution in [-0.4, -0.2) is 20.4 Å². The minimum absolute atomic E-state index is 0.214. The Morgan fingerprint density at radius 1 is 1.22 bits per heavy atom. The number of carbonyl (C=O) groups excluding carboxylic acids is 1. The fourth-order valence-corrected chi connectivity index (χ4v) is 3.96. The zero-order valence-electron chi connectivity index (χ0n) is 14.9. The van der Waals surface area contributed by atoms with Gasteiger partial charge < -0.3 is 4.57 Å². The number of para-hydroxylation sites is 2. The second-order valence-electron chi connectivity index (χ2n) is 6.24. The average Bonchev–Trinajstić information content (AvgIpc) is 2.98. The Morgan fingerprint density at radius 2 is 1.96 bits per heavy atom. The monoisotopic (exact) mass is 372 g/mol. The van der Waals surface area contributed by atoms with Crippen molar-refractivity contribution >= 4 is 38.5 Å². The number of fused-ring (bicyclic) bond motifs is 2. The maximum atomic E-state index is 12.7. The average molecular weight is 372 g/mol. The molecule has 0 saturated heterocycles. The predicted octanol–water partition coefficient (Wildman–Crippen LogP) is 3.64. The number of benzene rings is 2. The molecular weight excluding hydrogens is 356 g/mol. The second-order valence-corrected chi connectivity index (χ2v) is 7.25. The largest absolute Gasteiger partial charge is 0.305 e. The highest BCUT2D eigenvalue weighted by atomic mass is 32.1. The second kappa shape index (κ2) is 6.78. The van der Waals surface area contributed by atoms with Gasteiger partial charge in [0.1, 0.15) is 5.69 Å². The Balaban J connectivity index is 1.86.